The summed E-state index contributed by atoms with van der Waals surface area (Å²) in [6.07, 6.45) is 0.675. The van der Waals surface area contributed by atoms with Gasteiger partial charge >= 0.3 is 6.36 Å². The molecule has 0 aromatic heterocycles. The Balaban J connectivity index is 2.35. The van der Waals surface area contributed by atoms with E-state index >= 15 is 0 Å². The molecule has 5 heteroatoms. The third-order valence-corrected chi connectivity index (χ3v) is 3.18. The van der Waals surface area contributed by atoms with Crippen LogP contribution in [0.1, 0.15) is 16.7 Å². The summed E-state index contributed by atoms with van der Waals surface area (Å²) >= 11 is 0. The second kappa shape index (κ2) is 5.74. The first-order valence-electron chi connectivity index (χ1n) is 6.38. The Bertz CT molecular complexity index is 682. The summed E-state index contributed by atoms with van der Waals surface area (Å²) in [6, 6.07) is 11.8. The lowest BCUT2D eigenvalue weighted by Crippen LogP contribution is -2.25. The van der Waals surface area contributed by atoms with Gasteiger partial charge in [-0.25, -0.2) is 0 Å². The summed E-state index contributed by atoms with van der Waals surface area (Å²) in [7, 11) is 0. The molecule has 0 fully saturated rings. The summed E-state index contributed by atoms with van der Waals surface area (Å²) in [5, 5.41) is 10.7. The van der Waals surface area contributed by atoms with E-state index in [4.69, 9.17) is 6.42 Å². The number of halogens is 3. The summed E-state index contributed by atoms with van der Waals surface area (Å²) in [5.74, 6) is 1.92. The predicted molar refractivity (Wildman–Crippen MR) is 76.1 cm³/mol. The highest BCUT2D eigenvalue weighted by Crippen LogP contribution is 2.31. The van der Waals surface area contributed by atoms with Crippen molar-refractivity contribution in [2.45, 2.75) is 18.9 Å². The van der Waals surface area contributed by atoms with E-state index in [-0.39, 0.29) is 11.3 Å². The topological polar surface area (TPSA) is 29.5 Å². The van der Waals surface area contributed by atoms with E-state index in [1.54, 1.807) is 24.3 Å². The summed E-state index contributed by atoms with van der Waals surface area (Å²) < 4.78 is 40.2. The smallest absolute Gasteiger partial charge is 0.406 e. The average molecular weight is 306 g/mol. The van der Waals surface area contributed by atoms with Crippen molar-refractivity contribution in [3.8, 4) is 18.1 Å². The molecule has 0 amide bonds. The molecule has 2 aromatic carbocycles. The minimum absolute atomic E-state index is 0.286. The van der Waals surface area contributed by atoms with Gasteiger partial charge in [-0.05, 0) is 19.1 Å². The first-order chi connectivity index (χ1) is 10.2. The van der Waals surface area contributed by atoms with Crippen LogP contribution in [0.25, 0.3) is 0 Å². The van der Waals surface area contributed by atoms with Crippen LogP contribution in [0, 0.1) is 19.3 Å². The molecule has 0 aliphatic carbocycles. The molecule has 0 heterocycles. The molecule has 0 bridgehead atoms. The van der Waals surface area contributed by atoms with Gasteiger partial charge in [-0.3, -0.25) is 0 Å². The van der Waals surface area contributed by atoms with Crippen LogP contribution >= 0.6 is 0 Å². The summed E-state index contributed by atoms with van der Waals surface area (Å²) in [5.41, 5.74) is 0.0281. The van der Waals surface area contributed by atoms with Crippen LogP contribution in [0.3, 0.4) is 0 Å². The maximum Gasteiger partial charge on any atom is 0.573 e. The highest BCUT2D eigenvalue weighted by atomic mass is 19.4. The molecule has 1 unspecified atom stereocenters. The molecule has 0 saturated heterocycles. The second-order valence-electron chi connectivity index (χ2n) is 4.79. The van der Waals surface area contributed by atoms with Gasteiger partial charge in [0.15, 0.2) is 5.60 Å². The third kappa shape index (κ3) is 3.41. The fraction of sp³-hybridized carbons (Fsp3) is 0.176. The Morgan fingerprint density at radius 2 is 1.41 bits per heavy atom. The van der Waals surface area contributed by atoms with Crippen LogP contribution in [0.4, 0.5) is 13.2 Å². The lowest BCUT2D eigenvalue weighted by Gasteiger charge is -2.23. The normalized spacial score (nSPS) is 14.0. The van der Waals surface area contributed by atoms with E-state index in [1.165, 1.54) is 12.1 Å². The number of hydrogen-bond acceptors (Lipinski definition) is 2. The van der Waals surface area contributed by atoms with Crippen molar-refractivity contribution in [2.75, 3.05) is 0 Å². The predicted octanol–water partition coefficient (Wildman–Crippen LogP) is 3.76. The Kier molecular flexibility index (Phi) is 4.16. The van der Waals surface area contributed by atoms with Gasteiger partial charge in [0.25, 0.3) is 0 Å². The minimum Gasteiger partial charge on any atom is -0.406 e. The Morgan fingerprint density at radius 1 is 0.955 bits per heavy atom. The number of rotatable bonds is 3. The van der Waals surface area contributed by atoms with Crippen molar-refractivity contribution < 1.29 is 23.0 Å². The first kappa shape index (κ1) is 15.9. The first-order valence-corrected chi connectivity index (χ1v) is 6.38. The number of aryl methyl sites for hydroxylation is 1. The molecular formula is C17H13F3O2. The van der Waals surface area contributed by atoms with Crippen molar-refractivity contribution in [1.82, 2.24) is 0 Å². The van der Waals surface area contributed by atoms with Crippen molar-refractivity contribution in [3.63, 3.8) is 0 Å². The van der Waals surface area contributed by atoms with Gasteiger partial charge in [-0.1, -0.05) is 47.9 Å². The number of terminal acetylenes is 1. The van der Waals surface area contributed by atoms with E-state index in [1.807, 2.05) is 6.92 Å². The molecule has 2 nitrogen and oxygen atoms in total. The van der Waals surface area contributed by atoms with Gasteiger partial charge in [0, 0.05) is 11.1 Å². The van der Waals surface area contributed by atoms with E-state index in [0.29, 0.717) is 5.56 Å². The average Bonchev–Trinajstić information content (AvgIpc) is 2.46. The number of hydrogen-bond donors (Lipinski definition) is 1. The molecule has 114 valence electrons. The molecule has 2 rings (SSSR count). The number of benzene rings is 2. The summed E-state index contributed by atoms with van der Waals surface area (Å²) in [6.45, 7) is 1.89. The molecule has 0 radical (unpaired) electrons. The maximum absolute atomic E-state index is 12.1. The van der Waals surface area contributed by atoms with Crippen LogP contribution in [0.2, 0.25) is 0 Å². The lowest BCUT2D eigenvalue weighted by atomic mass is 9.87. The van der Waals surface area contributed by atoms with Gasteiger partial charge < -0.3 is 9.84 Å². The van der Waals surface area contributed by atoms with Crippen LogP contribution < -0.4 is 4.74 Å². The van der Waals surface area contributed by atoms with Gasteiger partial charge in [0.1, 0.15) is 5.75 Å². The fourth-order valence-corrected chi connectivity index (χ4v) is 2.03. The SMILES string of the molecule is C#CC(O)(c1ccc(C)cc1)c1ccc(OC(F)(F)F)cc1. The van der Waals surface area contributed by atoms with Gasteiger partial charge in [0.05, 0.1) is 0 Å². The van der Waals surface area contributed by atoms with Gasteiger partial charge in [-0.2, -0.15) is 0 Å². The molecular weight excluding hydrogens is 293 g/mol. The van der Waals surface area contributed by atoms with Crippen LogP contribution in [0.5, 0.6) is 5.75 Å². The van der Waals surface area contributed by atoms with Crippen LogP contribution in [-0.4, -0.2) is 11.5 Å². The number of alkyl halides is 3. The molecule has 22 heavy (non-hydrogen) atoms. The zero-order chi connectivity index (χ0) is 16.4. The zero-order valence-corrected chi connectivity index (χ0v) is 11.7. The Morgan fingerprint density at radius 3 is 1.82 bits per heavy atom. The van der Waals surface area contributed by atoms with Gasteiger partial charge in [0.2, 0.25) is 0 Å². The zero-order valence-electron chi connectivity index (χ0n) is 11.7. The van der Waals surface area contributed by atoms with Gasteiger partial charge in [-0.15, -0.1) is 19.6 Å². The highest BCUT2D eigenvalue weighted by molar-refractivity contribution is 5.45. The Hall–Kier alpha value is -2.45. The monoisotopic (exact) mass is 306 g/mol. The maximum atomic E-state index is 12.1. The molecule has 0 saturated carbocycles. The molecule has 1 N–H and O–H groups in total. The van der Waals surface area contributed by atoms with Crippen molar-refractivity contribution in [1.29, 1.82) is 0 Å². The largest absolute Gasteiger partial charge is 0.573 e. The fourth-order valence-electron chi connectivity index (χ4n) is 2.03. The second-order valence-corrected chi connectivity index (χ2v) is 4.79. The van der Waals surface area contributed by atoms with Crippen LogP contribution in [-0.2, 0) is 5.60 Å². The van der Waals surface area contributed by atoms with E-state index < -0.39 is 12.0 Å². The molecule has 2 aromatic rings. The van der Waals surface area contributed by atoms with Crippen LogP contribution in [0.15, 0.2) is 48.5 Å². The quantitative estimate of drug-likeness (QED) is 0.875. The van der Waals surface area contributed by atoms with Crippen molar-refractivity contribution >= 4 is 0 Å². The molecule has 0 aliphatic rings. The number of aliphatic hydroxyl groups is 1. The van der Waals surface area contributed by atoms with Crippen molar-refractivity contribution in [3.05, 3.63) is 65.2 Å². The molecule has 0 aliphatic heterocycles. The minimum atomic E-state index is -4.76. The molecule has 1 atom stereocenters. The van der Waals surface area contributed by atoms with E-state index in [2.05, 4.69) is 10.7 Å². The van der Waals surface area contributed by atoms with E-state index in [0.717, 1.165) is 17.7 Å². The lowest BCUT2D eigenvalue weighted by molar-refractivity contribution is -0.274. The Labute approximate surface area is 126 Å². The van der Waals surface area contributed by atoms with Crippen molar-refractivity contribution in [2.24, 2.45) is 0 Å². The van der Waals surface area contributed by atoms with E-state index in [9.17, 15) is 18.3 Å². The standard InChI is InChI=1S/C17H13F3O2/c1-3-16(21,13-6-4-12(2)5-7-13)14-8-10-15(11-9-14)22-17(18,19)20/h1,4-11,21H,2H3. The molecule has 0 spiro atoms. The highest BCUT2D eigenvalue weighted by Gasteiger charge is 2.32. The third-order valence-electron chi connectivity index (χ3n) is 3.18. The number of ether oxygens (including phenoxy) is 1. The summed E-state index contributed by atoms with van der Waals surface area (Å²) in [4.78, 5) is 0.